The lowest BCUT2D eigenvalue weighted by molar-refractivity contribution is -0.113. The average Bonchev–Trinajstić information content (AvgIpc) is 3.60. The first-order valence-corrected chi connectivity index (χ1v) is 13.0. The maximum absolute atomic E-state index is 12.9. The summed E-state index contributed by atoms with van der Waals surface area (Å²) in [7, 11) is 0. The molecule has 2 aromatic heterocycles. The molecule has 1 N–H and O–H groups in total. The molecule has 6 rings (SSSR count). The third-order valence-corrected chi connectivity index (χ3v) is 6.81. The normalized spacial score (nSPS) is 11.1. The summed E-state index contributed by atoms with van der Waals surface area (Å²) in [6.45, 7) is 0.268. The monoisotopic (exact) mass is 518 g/mol. The number of aromatic nitrogens is 7. The minimum absolute atomic E-state index is 0.124. The lowest BCUT2D eigenvalue weighted by Gasteiger charge is -2.11. The van der Waals surface area contributed by atoms with E-state index in [-0.39, 0.29) is 18.2 Å². The molecule has 0 saturated carbocycles. The first-order valence-electron chi connectivity index (χ1n) is 12.0. The lowest BCUT2D eigenvalue weighted by Crippen LogP contribution is -2.15. The van der Waals surface area contributed by atoms with Crippen molar-refractivity contribution >= 4 is 34.1 Å². The van der Waals surface area contributed by atoms with Crippen LogP contribution in [0.3, 0.4) is 0 Å². The van der Waals surface area contributed by atoms with E-state index in [4.69, 9.17) is 0 Å². The molecule has 4 aromatic carbocycles. The summed E-state index contributed by atoms with van der Waals surface area (Å²) in [4.78, 5) is 14.4. The molecular weight excluding hydrogens is 496 g/mol. The fourth-order valence-corrected chi connectivity index (χ4v) is 4.89. The number of para-hydroxylation sites is 1. The molecule has 6 aromatic rings. The predicted molar refractivity (Wildman–Crippen MR) is 147 cm³/mol. The van der Waals surface area contributed by atoms with Gasteiger partial charge in [0.15, 0.2) is 11.0 Å². The zero-order valence-corrected chi connectivity index (χ0v) is 21.0. The van der Waals surface area contributed by atoms with Crippen LogP contribution in [0.4, 0.5) is 5.69 Å². The minimum atomic E-state index is -0.124. The van der Waals surface area contributed by atoms with E-state index in [0.717, 1.165) is 27.7 Å². The summed E-state index contributed by atoms with van der Waals surface area (Å²) in [5.41, 5.74) is 2.55. The van der Waals surface area contributed by atoms with Gasteiger partial charge in [0.05, 0.1) is 5.75 Å². The van der Waals surface area contributed by atoms with Gasteiger partial charge in [-0.2, -0.15) is 4.80 Å². The molecule has 9 nitrogen and oxygen atoms in total. The van der Waals surface area contributed by atoms with Gasteiger partial charge in [-0.05, 0) is 28.8 Å². The van der Waals surface area contributed by atoms with Crippen molar-refractivity contribution in [2.24, 2.45) is 0 Å². The molecule has 0 aliphatic heterocycles. The highest BCUT2D eigenvalue weighted by Gasteiger charge is 2.18. The standard InChI is InChI=1S/C28H22N8OS/c37-26(29-24-17-9-13-20-10-7-8-16-23(20)24)19-38-28-32-30-25(36(28)22-14-5-2-6-15-22)18-35-33-27(31-34-35)21-11-3-1-4-12-21/h1-17H,18-19H2,(H,29,37). The van der Waals surface area contributed by atoms with Crippen LogP contribution in [0.15, 0.2) is 108 Å². The highest BCUT2D eigenvalue weighted by atomic mass is 32.2. The smallest absolute Gasteiger partial charge is 0.234 e. The number of amides is 1. The number of hydrogen-bond donors (Lipinski definition) is 1. The quantitative estimate of drug-likeness (QED) is 0.287. The number of anilines is 1. The molecule has 0 aliphatic rings. The van der Waals surface area contributed by atoms with Crippen molar-refractivity contribution in [1.82, 2.24) is 35.0 Å². The van der Waals surface area contributed by atoms with E-state index in [0.29, 0.717) is 16.8 Å². The molecule has 186 valence electrons. The van der Waals surface area contributed by atoms with Crippen molar-refractivity contribution in [1.29, 1.82) is 0 Å². The van der Waals surface area contributed by atoms with E-state index in [1.165, 1.54) is 16.6 Å². The Morgan fingerprint density at radius 1 is 0.789 bits per heavy atom. The van der Waals surface area contributed by atoms with Crippen LogP contribution >= 0.6 is 11.8 Å². The van der Waals surface area contributed by atoms with Gasteiger partial charge >= 0.3 is 0 Å². The number of fused-ring (bicyclic) bond motifs is 1. The van der Waals surface area contributed by atoms with Gasteiger partial charge in [0.1, 0.15) is 6.54 Å². The molecule has 10 heteroatoms. The predicted octanol–water partition coefficient (Wildman–Crippen LogP) is 4.85. The Hall–Kier alpha value is -4.83. The number of thioether (sulfide) groups is 1. The lowest BCUT2D eigenvalue weighted by atomic mass is 10.1. The van der Waals surface area contributed by atoms with E-state index in [1.54, 1.807) is 0 Å². The van der Waals surface area contributed by atoms with Crippen molar-refractivity contribution < 1.29 is 4.79 Å². The van der Waals surface area contributed by atoms with Gasteiger partial charge in [-0.25, -0.2) is 0 Å². The number of hydrogen-bond acceptors (Lipinski definition) is 7. The van der Waals surface area contributed by atoms with Gasteiger partial charge < -0.3 is 5.32 Å². The summed E-state index contributed by atoms with van der Waals surface area (Å²) < 4.78 is 1.92. The van der Waals surface area contributed by atoms with E-state index >= 15 is 0 Å². The molecule has 0 saturated heterocycles. The second-order valence-corrected chi connectivity index (χ2v) is 9.39. The van der Waals surface area contributed by atoms with Crippen LogP contribution in [-0.4, -0.2) is 46.6 Å². The summed E-state index contributed by atoms with van der Waals surface area (Å²) in [6.07, 6.45) is 0. The van der Waals surface area contributed by atoms with Crippen LogP contribution in [0.5, 0.6) is 0 Å². The minimum Gasteiger partial charge on any atom is -0.325 e. The van der Waals surface area contributed by atoms with E-state index in [1.807, 2.05) is 108 Å². The van der Waals surface area contributed by atoms with Crippen LogP contribution in [0.2, 0.25) is 0 Å². The highest BCUT2D eigenvalue weighted by Crippen LogP contribution is 2.25. The third-order valence-electron chi connectivity index (χ3n) is 5.88. The van der Waals surface area contributed by atoms with E-state index in [9.17, 15) is 4.79 Å². The zero-order valence-electron chi connectivity index (χ0n) is 20.2. The zero-order chi connectivity index (χ0) is 25.7. The molecule has 0 radical (unpaired) electrons. The fourth-order valence-electron chi connectivity index (χ4n) is 4.12. The van der Waals surface area contributed by atoms with Crippen molar-refractivity contribution in [3.05, 3.63) is 109 Å². The van der Waals surface area contributed by atoms with Crippen molar-refractivity contribution in [3.63, 3.8) is 0 Å². The Morgan fingerprint density at radius 2 is 1.53 bits per heavy atom. The molecule has 38 heavy (non-hydrogen) atoms. The molecule has 0 spiro atoms. The first-order chi connectivity index (χ1) is 18.7. The molecule has 2 heterocycles. The topological polar surface area (TPSA) is 103 Å². The van der Waals surface area contributed by atoms with Crippen molar-refractivity contribution in [2.45, 2.75) is 11.7 Å². The van der Waals surface area contributed by atoms with E-state index in [2.05, 4.69) is 30.9 Å². The molecule has 0 atom stereocenters. The van der Waals surface area contributed by atoms with Gasteiger partial charge in [-0.1, -0.05) is 96.7 Å². The summed E-state index contributed by atoms with van der Waals surface area (Å²) in [5, 5.41) is 27.4. The number of rotatable bonds is 8. The Bertz CT molecular complexity index is 1690. The van der Waals surface area contributed by atoms with Crippen molar-refractivity contribution in [2.75, 3.05) is 11.1 Å². The van der Waals surface area contributed by atoms with Crippen molar-refractivity contribution in [3.8, 4) is 17.1 Å². The largest absolute Gasteiger partial charge is 0.325 e. The Morgan fingerprint density at radius 3 is 2.37 bits per heavy atom. The number of benzene rings is 4. The molecular formula is C28H22N8OS. The Balaban J connectivity index is 1.22. The van der Waals surface area contributed by atoms with Gasteiger partial charge in [0.25, 0.3) is 0 Å². The SMILES string of the molecule is O=C(CSc1nnc(Cn2nnc(-c3ccccc3)n2)n1-c1ccccc1)Nc1cccc2ccccc12. The third kappa shape index (κ3) is 5.02. The molecule has 0 aliphatic carbocycles. The highest BCUT2D eigenvalue weighted by molar-refractivity contribution is 7.99. The maximum Gasteiger partial charge on any atom is 0.234 e. The molecule has 0 bridgehead atoms. The number of tetrazole rings is 1. The maximum atomic E-state index is 12.9. The molecule has 1 amide bonds. The second kappa shape index (κ2) is 10.7. The number of carbonyl (C=O) groups is 1. The number of carbonyl (C=O) groups excluding carboxylic acids is 1. The van der Waals surface area contributed by atoms with Crippen LogP contribution in [0, 0.1) is 0 Å². The fraction of sp³-hybridized carbons (Fsp3) is 0.0714. The van der Waals surface area contributed by atoms with Gasteiger partial charge in [0.2, 0.25) is 11.7 Å². The van der Waals surface area contributed by atoms with Gasteiger partial charge in [-0.15, -0.1) is 20.4 Å². The van der Waals surface area contributed by atoms with Crippen LogP contribution in [-0.2, 0) is 11.3 Å². The second-order valence-electron chi connectivity index (χ2n) is 8.44. The van der Waals surface area contributed by atoms with Gasteiger partial charge in [-0.3, -0.25) is 9.36 Å². The summed E-state index contributed by atoms with van der Waals surface area (Å²) >= 11 is 1.32. The van der Waals surface area contributed by atoms with Gasteiger partial charge in [0, 0.05) is 22.3 Å². The number of nitrogens with one attached hydrogen (secondary N) is 1. The Labute approximate surface area is 222 Å². The summed E-state index contributed by atoms with van der Waals surface area (Å²) in [5.74, 6) is 1.22. The molecule has 0 fully saturated rings. The molecule has 0 unspecified atom stereocenters. The summed E-state index contributed by atoms with van der Waals surface area (Å²) in [6, 6.07) is 33.3. The average molecular weight is 519 g/mol. The Kier molecular flexibility index (Phi) is 6.60. The number of nitrogens with zero attached hydrogens (tertiary/aromatic N) is 7. The van der Waals surface area contributed by atoms with Crippen LogP contribution < -0.4 is 5.32 Å². The van der Waals surface area contributed by atoms with E-state index < -0.39 is 0 Å². The first kappa shape index (κ1) is 23.6. The van der Waals surface area contributed by atoms with Crippen LogP contribution in [0.1, 0.15) is 5.82 Å². The van der Waals surface area contributed by atoms with Crippen LogP contribution in [0.25, 0.3) is 27.8 Å².